The highest BCUT2D eigenvalue weighted by atomic mass is 16.5. The van der Waals surface area contributed by atoms with E-state index in [1.165, 1.54) is 5.56 Å². The summed E-state index contributed by atoms with van der Waals surface area (Å²) in [6, 6.07) is 10.0. The number of aromatic nitrogens is 2. The monoisotopic (exact) mass is 425 g/mol. The summed E-state index contributed by atoms with van der Waals surface area (Å²) in [5.74, 6) is 2.65. The molecule has 2 heterocycles. The molecular weight excluding hydrogens is 390 g/mol. The Kier molecular flexibility index (Phi) is 9.37. The maximum atomic E-state index is 5.43. The van der Waals surface area contributed by atoms with Crippen molar-refractivity contribution in [3.05, 3.63) is 48.3 Å². The molecule has 1 aliphatic rings. The highest BCUT2D eigenvalue weighted by molar-refractivity contribution is 5.79. The maximum absolute atomic E-state index is 5.43. The van der Waals surface area contributed by atoms with Gasteiger partial charge in [-0.05, 0) is 37.5 Å². The molecule has 2 aromatic rings. The molecule has 1 aromatic heterocycles. The summed E-state index contributed by atoms with van der Waals surface area (Å²) in [4.78, 5) is 18.2. The quantitative estimate of drug-likeness (QED) is 0.341. The minimum atomic E-state index is 0.812. The van der Waals surface area contributed by atoms with Gasteiger partial charge in [-0.15, -0.1) is 0 Å². The number of rotatable bonds is 10. The van der Waals surface area contributed by atoms with Crippen LogP contribution in [0.25, 0.3) is 0 Å². The molecule has 1 fully saturated rings. The number of ether oxygens (including phenoxy) is 1. The molecule has 0 radical (unpaired) electrons. The number of hydrogen-bond donors (Lipinski definition) is 2. The van der Waals surface area contributed by atoms with Gasteiger partial charge in [0.2, 0.25) is 5.95 Å². The van der Waals surface area contributed by atoms with Gasteiger partial charge in [0, 0.05) is 64.8 Å². The number of nitrogens with zero attached hydrogens (tertiary/aromatic N) is 5. The predicted molar refractivity (Wildman–Crippen MR) is 126 cm³/mol. The fraction of sp³-hybridized carbons (Fsp3) is 0.522. The lowest BCUT2D eigenvalue weighted by Crippen LogP contribution is -2.47. The van der Waals surface area contributed by atoms with Crippen LogP contribution in [-0.4, -0.2) is 80.3 Å². The average Bonchev–Trinajstić information content (AvgIpc) is 2.83. The largest absolute Gasteiger partial charge is 0.496 e. The molecule has 0 amide bonds. The van der Waals surface area contributed by atoms with E-state index in [1.54, 1.807) is 19.5 Å². The van der Waals surface area contributed by atoms with Gasteiger partial charge in [0.1, 0.15) is 5.75 Å². The lowest BCUT2D eigenvalue weighted by Gasteiger charge is -2.34. The molecule has 1 aliphatic heterocycles. The van der Waals surface area contributed by atoms with Gasteiger partial charge in [-0.25, -0.2) is 9.97 Å². The van der Waals surface area contributed by atoms with Crippen LogP contribution in [0.15, 0.2) is 47.7 Å². The van der Waals surface area contributed by atoms with Crippen LogP contribution in [0.5, 0.6) is 5.75 Å². The van der Waals surface area contributed by atoms with Gasteiger partial charge < -0.3 is 20.3 Å². The number of nitrogens with one attached hydrogen (secondary N) is 2. The molecule has 1 aromatic carbocycles. The number of benzene rings is 1. The molecule has 8 nitrogen and oxygen atoms in total. The first-order chi connectivity index (χ1) is 15.3. The lowest BCUT2D eigenvalue weighted by atomic mass is 10.1. The van der Waals surface area contributed by atoms with E-state index >= 15 is 0 Å². The van der Waals surface area contributed by atoms with Crippen molar-refractivity contribution in [2.75, 3.05) is 64.4 Å². The SMILES string of the molecule is CCNC(=NCCCN1CCN(c2ncccn2)CC1)NCCc1ccccc1OC. The zero-order valence-electron chi connectivity index (χ0n) is 18.8. The molecule has 31 heavy (non-hydrogen) atoms. The molecule has 0 bridgehead atoms. The van der Waals surface area contributed by atoms with Gasteiger partial charge in [0.05, 0.1) is 7.11 Å². The van der Waals surface area contributed by atoms with Crippen molar-refractivity contribution < 1.29 is 4.74 Å². The van der Waals surface area contributed by atoms with Crippen molar-refractivity contribution in [2.45, 2.75) is 19.8 Å². The Hall–Kier alpha value is -2.87. The summed E-state index contributed by atoms with van der Waals surface area (Å²) in [7, 11) is 1.72. The Morgan fingerprint density at radius 2 is 1.84 bits per heavy atom. The molecule has 1 saturated heterocycles. The Morgan fingerprint density at radius 1 is 1.06 bits per heavy atom. The van der Waals surface area contributed by atoms with Crippen LogP contribution in [0.1, 0.15) is 18.9 Å². The molecule has 3 rings (SSSR count). The minimum absolute atomic E-state index is 0.812. The van der Waals surface area contributed by atoms with Crippen LogP contribution in [0.3, 0.4) is 0 Å². The summed E-state index contributed by atoms with van der Waals surface area (Å²) < 4.78 is 5.43. The number of piperazine rings is 1. The van der Waals surface area contributed by atoms with E-state index in [0.717, 1.165) is 82.9 Å². The lowest BCUT2D eigenvalue weighted by molar-refractivity contribution is 0.255. The van der Waals surface area contributed by atoms with Crippen LogP contribution in [0, 0.1) is 0 Å². The highest BCUT2D eigenvalue weighted by Gasteiger charge is 2.18. The molecule has 0 spiro atoms. The molecule has 0 unspecified atom stereocenters. The van der Waals surface area contributed by atoms with Gasteiger partial charge >= 0.3 is 0 Å². The molecule has 168 valence electrons. The van der Waals surface area contributed by atoms with Gasteiger partial charge in [-0.1, -0.05) is 18.2 Å². The minimum Gasteiger partial charge on any atom is -0.496 e. The number of hydrogen-bond acceptors (Lipinski definition) is 6. The van der Waals surface area contributed by atoms with Gasteiger partial charge in [-0.3, -0.25) is 9.89 Å². The first kappa shape index (κ1) is 22.8. The first-order valence-electron chi connectivity index (χ1n) is 11.2. The third-order valence-corrected chi connectivity index (χ3v) is 5.33. The van der Waals surface area contributed by atoms with E-state index in [0.29, 0.717) is 0 Å². The number of aliphatic imine (C=N–C) groups is 1. The van der Waals surface area contributed by atoms with Gasteiger partial charge in [-0.2, -0.15) is 0 Å². The number of anilines is 1. The molecule has 0 saturated carbocycles. The van der Waals surface area contributed by atoms with Crippen molar-refractivity contribution in [2.24, 2.45) is 4.99 Å². The van der Waals surface area contributed by atoms with Gasteiger partial charge in [0.15, 0.2) is 5.96 Å². The molecule has 0 aliphatic carbocycles. The summed E-state index contributed by atoms with van der Waals surface area (Å²) in [6.45, 7) is 9.66. The maximum Gasteiger partial charge on any atom is 0.225 e. The normalized spacial score (nSPS) is 15.0. The second-order valence-corrected chi connectivity index (χ2v) is 7.48. The van der Waals surface area contributed by atoms with Crippen molar-refractivity contribution in [3.8, 4) is 5.75 Å². The van der Waals surface area contributed by atoms with E-state index in [2.05, 4.69) is 43.4 Å². The smallest absolute Gasteiger partial charge is 0.225 e. The van der Waals surface area contributed by atoms with Crippen LogP contribution in [0.2, 0.25) is 0 Å². The first-order valence-corrected chi connectivity index (χ1v) is 11.2. The fourth-order valence-corrected chi connectivity index (χ4v) is 3.68. The van der Waals surface area contributed by atoms with E-state index in [4.69, 9.17) is 9.73 Å². The van der Waals surface area contributed by atoms with E-state index < -0.39 is 0 Å². The summed E-state index contributed by atoms with van der Waals surface area (Å²) in [5, 5.41) is 6.77. The second-order valence-electron chi connectivity index (χ2n) is 7.48. The zero-order chi connectivity index (χ0) is 21.7. The van der Waals surface area contributed by atoms with E-state index in [-0.39, 0.29) is 0 Å². The summed E-state index contributed by atoms with van der Waals surface area (Å²) in [6.07, 6.45) is 5.55. The van der Waals surface area contributed by atoms with Crippen LogP contribution in [-0.2, 0) is 6.42 Å². The van der Waals surface area contributed by atoms with Gasteiger partial charge in [0.25, 0.3) is 0 Å². The molecule has 8 heteroatoms. The van der Waals surface area contributed by atoms with Crippen molar-refractivity contribution in [1.29, 1.82) is 0 Å². The van der Waals surface area contributed by atoms with E-state index in [9.17, 15) is 0 Å². The third kappa shape index (κ3) is 7.40. The second kappa shape index (κ2) is 12.7. The zero-order valence-corrected chi connectivity index (χ0v) is 18.8. The van der Waals surface area contributed by atoms with Crippen molar-refractivity contribution in [1.82, 2.24) is 25.5 Å². The number of para-hydroxylation sites is 1. The van der Waals surface area contributed by atoms with Crippen LogP contribution >= 0.6 is 0 Å². The fourth-order valence-electron chi connectivity index (χ4n) is 3.68. The Labute approximate surface area is 185 Å². The van der Waals surface area contributed by atoms with Crippen molar-refractivity contribution >= 4 is 11.9 Å². The Bertz CT molecular complexity index is 792. The van der Waals surface area contributed by atoms with Crippen LogP contribution < -0.4 is 20.3 Å². The standard InChI is InChI=1S/C23H35N7O/c1-3-24-22(26-14-10-20-8-4-5-9-21(20)31-2)25-13-7-15-29-16-18-30(19-17-29)23-27-11-6-12-28-23/h4-6,8-9,11-12H,3,7,10,13-19H2,1-2H3,(H2,24,25,26). The number of methoxy groups -OCH3 is 1. The Morgan fingerprint density at radius 3 is 2.58 bits per heavy atom. The Balaban J connectivity index is 1.36. The van der Waals surface area contributed by atoms with Crippen LogP contribution in [0.4, 0.5) is 5.95 Å². The molecular formula is C23H35N7O. The van der Waals surface area contributed by atoms with Crippen molar-refractivity contribution in [3.63, 3.8) is 0 Å². The third-order valence-electron chi connectivity index (χ3n) is 5.33. The average molecular weight is 426 g/mol. The topological polar surface area (TPSA) is 77.9 Å². The highest BCUT2D eigenvalue weighted by Crippen LogP contribution is 2.17. The molecule has 0 atom stereocenters. The molecule has 2 N–H and O–H groups in total. The number of guanidine groups is 1. The summed E-state index contributed by atoms with van der Waals surface area (Å²) >= 11 is 0. The van der Waals surface area contributed by atoms with E-state index in [1.807, 2.05) is 24.3 Å². The summed E-state index contributed by atoms with van der Waals surface area (Å²) in [5.41, 5.74) is 1.20. The predicted octanol–water partition coefficient (Wildman–Crippen LogP) is 1.80.